The predicted octanol–water partition coefficient (Wildman–Crippen LogP) is 6.75. The standard InChI is InChI=1S/C32H32N2O5/c1-4-33-31(36)38-28(24-9-7-6-8-10-24)27-21(3)34-39-29(27)25-13-11-22(12-14-25)23-15-17-26(18-16-23)32(19-20-32)30(35)37-5-2/h6-18,28H,4-5,19-20H2,1-3H3,(H,33,36). The highest BCUT2D eigenvalue weighted by Gasteiger charge is 2.52. The van der Waals surface area contributed by atoms with Crippen LogP contribution < -0.4 is 5.32 Å². The second kappa shape index (κ2) is 11.2. The van der Waals surface area contributed by atoms with E-state index in [1.807, 2.05) is 99.6 Å². The van der Waals surface area contributed by atoms with E-state index in [0.717, 1.165) is 40.7 Å². The number of hydrogen-bond donors (Lipinski definition) is 1. The molecule has 0 bridgehead atoms. The van der Waals surface area contributed by atoms with Crippen molar-refractivity contribution in [2.24, 2.45) is 0 Å². The van der Waals surface area contributed by atoms with E-state index >= 15 is 0 Å². The molecule has 3 aromatic carbocycles. The van der Waals surface area contributed by atoms with E-state index in [0.29, 0.717) is 30.2 Å². The van der Waals surface area contributed by atoms with E-state index in [1.54, 1.807) is 0 Å². The summed E-state index contributed by atoms with van der Waals surface area (Å²) in [6.07, 6.45) is 0.465. The van der Waals surface area contributed by atoms with Gasteiger partial charge in [0.1, 0.15) is 0 Å². The van der Waals surface area contributed by atoms with Crippen LogP contribution >= 0.6 is 0 Å². The van der Waals surface area contributed by atoms with E-state index < -0.39 is 17.6 Å². The Bertz CT molecular complexity index is 1440. The Morgan fingerprint density at radius 1 is 0.923 bits per heavy atom. The Labute approximate surface area is 228 Å². The number of rotatable bonds is 9. The van der Waals surface area contributed by atoms with Crippen molar-refractivity contribution >= 4 is 12.1 Å². The van der Waals surface area contributed by atoms with Gasteiger partial charge in [-0.1, -0.05) is 84.0 Å². The van der Waals surface area contributed by atoms with Crippen LogP contribution in [0.4, 0.5) is 4.79 Å². The van der Waals surface area contributed by atoms with Crippen LogP contribution in [0, 0.1) is 6.92 Å². The van der Waals surface area contributed by atoms with Crippen molar-refractivity contribution in [2.75, 3.05) is 13.2 Å². The largest absolute Gasteiger partial charge is 0.465 e. The fourth-order valence-electron chi connectivity index (χ4n) is 4.91. The number of aromatic nitrogens is 1. The first kappa shape index (κ1) is 26.2. The van der Waals surface area contributed by atoms with Gasteiger partial charge in [-0.3, -0.25) is 4.79 Å². The molecule has 1 aliphatic rings. The number of amides is 1. The van der Waals surface area contributed by atoms with Gasteiger partial charge < -0.3 is 19.3 Å². The van der Waals surface area contributed by atoms with Crippen molar-refractivity contribution in [3.05, 3.63) is 101 Å². The number of carbonyl (C=O) groups is 2. The number of aryl methyl sites for hydroxylation is 1. The number of benzene rings is 3. The van der Waals surface area contributed by atoms with Gasteiger partial charge in [0.05, 0.1) is 23.3 Å². The van der Waals surface area contributed by atoms with Crippen LogP contribution in [0.3, 0.4) is 0 Å². The maximum absolute atomic E-state index is 12.4. The highest BCUT2D eigenvalue weighted by atomic mass is 16.6. The quantitative estimate of drug-likeness (QED) is 0.244. The molecule has 1 amide bonds. The lowest BCUT2D eigenvalue weighted by Gasteiger charge is -2.19. The van der Waals surface area contributed by atoms with Crippen molar-refractivity contribution in [1.82, 2.24) is 10.5 Å². The third-order valence-corrected chi connectivity index (χ3v) is 7.15. The number of alkyl carbamates (subject to hydrolysis) is 1. The second-order valence-corrected chi connectivity index (χ2v) is 9.69. The predicted molar refractivity (Wildman–Crippen MR) is 148 cm³/mol. The van der Waals surface area contributed by atoms with Gasteiger partial charge in [-0.25, -0.2) is 4.79 Å². The molecule has 5 rings (SSSR count). The van der Waals surface area contributed by atoms with E-state index in [2.05, 4.69) is 10.5 Å². The number of ether oxygens (including phenoxy) is 2. The summed E-state index contributed by atoms with van der Waals surface area (Å²) in [6.45, 7) is 6.37. The zero-order valence-corrected chi connectivity index (χ0v) is 22.4. The Morgan fingerprint density at radius 2 is 1.54 bits per heavy atom. The average molecular weight is 525 g/mol. The minimum Gasteiger partial charge on any atom is -0.465 e. The fourth-order valence-corrected chi connectivity index (χ4v) is 4.91. The average Bonchev–Trinajstić information content (AvgIpc) is 3.69. The SMILES string of the molecule is CCNC(=O)OC(c1ccccc1)c1c(C)noc1-c1ccc(-c2ccc(C3(C(=O)OCC)CC3)cc2)cc1. The van der Waals surface area contributed by atoms with Gasteiger partial charge in [0.15, 0.2) is 11.9 Å². The molecule has 0 saturated heterocycles. The number of carbonyl (C=O) groups excluding carboxylic acids is 2. The topological polar surface area (TPSA) is 90.7 Å². The molecule has 1 atom stereocenters. The lowest BCUT2D eigenvalue weighted by atomic mass is 9.93. The van der Waals surface area contributed by atoms with Gasteiger partial charge in [0.2, 0.25) is 0 Å². The van der Waals surface area contributed by atoms with Crippen molar-refractivity contribution in [2.45, 2.75) is 45.1 Å². The van der Waals surface area contributed by atoms with Crippen LogP contribution in [0.25, 0.3) is 22.5 Å². The van der Waals surface area contributed by atoms with Crippen LogP contribution in [0.15, 0.2) is 83.4 Å². The molecule has 1 aliphatic carbocycles. The molecule has 0 aliphatic heterocycles. The van der Waals surface area contributed by atoms with Gasteiger partial charge in [0, 0.05) is 12.1 Å². The van der Waals surface area contributed by atoms with E-state index in [-0.39, 0.29) is 5.97 Å². The minimum absolute atomic E-state index is 0.134. The molecule has 4 aromatic rings. The summed E-state index contributed by atoms with van der Waals surface area (Å²) in [4.78, 5) is 24.9. The minimum atomic E-state index is -0.680. The molecule has 1 saturated carbocycles. The Hall–Kier alpha value is -4.39. The number of hydrogen-bond acceptors (Lipinski definition) is 6. The van der Waals surface area contributed by atoms with Crippen molar-refractivity contribution in [3.63, 3.8) is 0 Å². The van der Waals surface area contributed by atoms with E-state index in [4.69, 9.17) is 14.0 Å². The summed E-state index contributed by atoms with van der Waals surface area (Å²) in [5.74, 6) is 0.419. The van der Waals surface area contributed by atoms with Crippen LogP contribution in [-0.4, -0.2) is 30.4 Å². The zero-order valence-electron chi connectivity index (χ0n) is 22.4. The maximum Gasteiger partial charge on any atom is 0.408 e. The molecule has 1 N–H and O–H groups in total. The lowest BCUT2D eigenvalue weighted by Crippen LogP contribution is -2.26. The number of esters is 1. The Balaban J connectivity index is 1.42. The third kappa shape index (κ3) is 5.30. The lowest BCUT2D eigenvalue weighted by molar-refractivity contribution is -0.146. The molecule has 1 aromatic heterocycles. The molecular weight excluding hydrogens is 492 g/mol. The van der Waals surface area contributed by atoms with Crippen LogP contribution in [0.1, 0.15) is 55.2 Å². The molecular formula is C32H32N2O5. The normalized spacial score (nSPS) is 14.3. The first-order chi connectivity index (χ1) is 19.0. The van der Waals surface area contributed by atoms with Crippen molar-refractivity contribution in [1.29, 1.82) is 0 Å². The molecule has 0 spiro atoms. The van der Waals surface area contributed by atoms with E-state index in [1.165, 1.54) is 0 Å². The van der Waals surface area contributed by atoms with Gasteiger partial charge >= 0.3 is 12.1 Å². The van der Waals surface area contributed by atoms with Gasteiger partial charge in [-0.2, -0.15) is 0 Å². The molecule has 1 fully saturated rings. The Kier molecular flexibility index (Phi) is 7.50. The van der Waals surface area contributed by atoms with Crippen molar-refractivity contribution < 1.29 is 23.6 Å². The first-order valence-corrected chi connectivity index (χ1v) is 13.3. The third-order valence-electron chi connectivity index (χ3n) is 7.15. The zero-order chi connectivity index (χ0) is 27.4. The summed E-state index contributed by atoms with van der Waals surface area (Å²) in [5, 5.41) is 6.92. The summed E-state index contributed by atoms with van der Waals surface area (Å²) in [7, 11) is 0. The highest BCUT2D eigenvalue weighted by Crippen LogP contribution is 2.49. The second-order valence-electron chi connectivity index (χ2n) is 9.69. The molecule has 0 radical (unpaired) electrons. The van der Waals surface area contributed by atoms with Crippen LogP contribution in [0.5, 0.6) is 0 Å². The summed E-state index contributed by atoms with van der Waals surface area (Å²) >= 11 is 0. The first-order valence-electron chi connectivity index (χ1n) is 13.3. The highest BCUT2D eigenvalue weighted by molar-refractivity contribution is 5.87. The molecule has 1 heterocycles. The monoisotopic (exact) mass is 524 g/mol. The Morgan fingerprint density at radius 3 is 2.13 bits per heavy atom. The summed E-state index contributed by atoms with van der Waals surface area (Å²) < 4.78 is 16.9. The van der Waals surface area contributed by atoms with Gasteiger partial charge in [0.25, 0.3) is 0 Å². The molecule has 7 heteroatoms. The summed E-state index contributed by atoms with van der Waals surface area (Å²) in [6, 6.07) is 25.7. The maximum atomic E-state index is 12.4. The van der Waals surface area contributed by atoms with Gasteiger partial charge in [-0.15, -0.1) is 0 Å². The van der Waals surface area contributed by atoms with Gasteiger partial charge in [-0.05, 0) is 55.9 Å². The molecule has 1 unspecified atom stereocenters. The molecule has 7 nitrogen and oxygen atoms in total. The number of nitrogens with zero attached hydrogens (tertiary/aromatic N) is 1. The summed E-state index contributed by atoms with van der Waals surface area (Å²) in [5.41, 5.74) is 5.60. The molecule has 200 valence electrons. The van der Waals surface area contributed by atoms with Crippen molar-refractivity contribution in [3.8, 4) is 22.5 Å². The smallest absolute Gasteiger partial charge is 0.408 e. The fraction of sp³-hybridized carbons (Fsp3) is 0.281. The van der Waals surface area contributed by atoms with E-state index in [9.17, 15) is 9.59 Å². The van der Waals surface area contributed by atoms with Crippen LogP contribution in [0.2, 0.25) is 0 Å². The number of nitrogens with one attached hydrogen (secondary N) is 1. The molecule has 39 heavy (non-hydrogen) atoms. The van der Waals surface area contributed by atoms with Crippen LogP contribution in [-0.2, 0) is 19.7 Å².